The molecular formula is C18H16BrN3O4. The first-order valence-corrected chi connectivity index (χ1v) is 8.49. The fourth-order valence-corrected chi connectivity index (χ4v) is 3.03. The molecule has 3 rings (SSSR count). The van der Waals surface area contributed by atoms with Crippen molar-refractivity contribution < 1.29 is 19.4 Å². The molecule has 0 saturated carbocycles. The lowest BCUT2D eigenvalue weighted by atomic mass is 10.1. The highest BCUT2D eigenvalue weighted by Crippen LogP contribution is 2.38. The third-order valence-electron chi connectivity index (χ3n) is 3.71. The number of aromatic amines is 1. The number of aryl methyl sites for hydroxylation is 1. The van der Waals surface area contributed by atoms with Crippen LogP contribution < -0.4 is 9.47 Å². The predicted molar refractivity (Wildman–Crippen MR) is 100 cm³/mol. The molecule has 1 aromatic heterocycles. The van der Waals surface area contributed by atoms with E-state index in [-0.39, 0.29) is 18.2 Å². The molecule has 26 heavy (non-hydrogen) atoms. The van der Waals surface area contributed by atoms with E-state index in [1.165, 1.54) is 0 Å². The maximum atomic E-state index is 11.9. The Hall–Kier alpha value is -2.87. The number of carbonyl (C=O) groups is 1. The maximum absolute atomic E-state index is 11.9. The molecule has 0 aliphatic rings. The normalized spacial score (nSPS) is 11.2. The molecule has 3 aromatic rings. The van der Waals surface area contributed by atoms with Gasteiger partial charge in [-0.3, -0.25) is 4.79 Å². The number of H-pyrrole nitrogens is 1. The number of rotatable bonds is 5. The Morgan fingerprint density at radius 1 is 1.23 bits per heavy atom. The van der Waals surface area contributed by atoms with Crippen LogP contribution in [0.2, 0.25) is 0 Å². The minimum Gasteiger partial charge on any atom is -0.497 e. The van der Waals surface area contributed by atoms with Gasteiger partial charge in [-0.2, -0.15) is 0 Å². The Kier molecular flexibility index (Phi) is 5.22. The van der Waals surface area contributed by atoms with Gasteiger partial charge in [0.15, 0.2) is 12.3 Å². The molecule has 0 unspecified atom stereocenters. The minimum atomic E-state index is -0.568. The highest BCUT2D eigenvalue weighted by Gasteiger charge is 2.13. The summed E-state index contributed by atoms with van der Waals surface area (Å²) in [6.45, 7) is 1.64. The van der Waals surface area contributed by atoms with Crippen molar-refractivity contribution in [2.45, 2.75) is 6.92 Å². The standard InChI is InChI=1S/C18H16BrN3O4/c1-10-7-11(19)8-14-16(10)20-18(24)17(14)22-21-15(23)9-26-13-5-3-12(25-2)4-6-13/h3-8,20,24H,9H2,1-2H3. The van der Waals surface area contributed by atoms with E-state index >= 15 is 0 Å². The van der Waals surface area contributed by atoms with Gasteiger partial charge in [-0.05, 0) is 48.9 Å². The number of hydrogen-bond acceptors (Lipinski definition) is 5. The van der Waals surface area contributed by atoms with Gasteiger partial charge in [-0.15, -0.1) is 10.2 Å². The summed E-state index contributed by atoms with van der Waals surface area (Å²) >= 11 is 3.40. The van der Waals surface area contributed by atoms with Crippen molar-refractivity contribution in [1.82, 2.24) is 4.98 Å². The number of nitrogens with zero attached hydrogens (tertiary/aromatic N) is 2. The second-order valence-corrected chi connectivity index (χ2v) is 6.44. The van der Waals surface area contributed by atoms with E-state index in [0.29, 0.717) is 16.9 Å². The molecular weight excluding hydrogens is 402 g/mol. The van der Waals surface area contributed by atoms with Gasteiger partial charge in [-0.25, -0.2) is 0 Å². The van der Waals surface area contributed by atoms with Crippen LogP contribution in [0.4, 0.5) is 5.69 Å². The average molecular weight is 418 g/mol. The summed E-state index contributed by atoms with van der Waals surface area (Å²) in [6.07, 6.45) is 0. The second kappa shape index (κ2) is 7.57. The number of fused-ring (bicyclic) bond motifs is 1. The maximum Gasteiger partial charge on any atom is 0.302 e. The Balaban J connectivity index is 1.72. The van der Waals surface area contributed by atoms with E-state index in [0.717, 1.165) is 15.6 Å². The topological polar surface area (TPSA) is 96.3 Å². The number of hydrogen-bond donors (Lipinski definition) is 2. The molecule has 7 nitrogen and oxygen atoms in total. The summed E-state index contributed by atoms with van der Waals surface area (Å²) in [5, 5.41) is 18.2. The molecule has 0 atom stereocenters. The van der Waals surface area contributed by atoms with Gasteiger partial charge in [0.05, 0.1) is 12.6 Å². The summed E-state index contributed by atoms with van der Waals surface area (Å²) in [5.74, 6) is 0.499. The molecule has 134 valence electrons. The van der Waals surface area contributed by atoms with E-state index < -0.39 is 5.91 Å². The van der Waals surface area contributed by atoms with E-state index in [9.17, 15) is 9.90 Å². The van der Waals surface area contributed by atoms with Crippen LogP contribution in [0.25, 0.3) is 10.9 Å². The van der Waals surface area contributed by atoms with Crippen molar-refractivity contribution in [2.75, 3.05) is 13.7 Å². The first-order chi connectivity index (χ1) is 12.5. The molecule has 8 heteroatoms. The third-order valence-corrected chi connectivity index (χ3v) is 4.16. The number of halogens is 1. The molecule has 0 radical (unpaired) electrons. The van der Waals surface area contributed by atoms with Crippen LogP contribution in [0.1, 0.15) is 5.56 Å². The Labute approximate surface area is 157 Å². The summed E-state index contributed by atoms with van der Waals surface area (Å²) < 4.78 is 11.2. The average Bonchev–Trinajstić information content (AvgIpc) is 2.94. The van der Waals surface area contributed by atoms with Crippen molar-refractivity contribution >= 4 is 38.4 Å². The van der Waals surface area contributed by atoms with Crippen LogP contribution >= 0.6 is 15.9 Å². The van der Waals surface area contributed by atoms with Gasteiger partial charge in [0.1, 0.15) is 11.5 Å². The number of nitrogens with one attached hydrogen (secondary N) is 1. The van der Waals surface area contributed by atoms with Crippen LogP contribution in [-0.2, 0) is 4.79 Å². The molecule has 0 aliphatic heterocycles. The molecule has 2 aromatic carbocycles. The zero-order valence-corrected chi connectivity index (χ0v) is 15.7. The third kappa shape index (κ3) is 3.85. The van der Waals surface area contributed by atoms with Gasteiger partial charge in [-0.1, -0.05) is 15.9 Å². The summed E-state index contributed by atoms with van der Waals surface area (Å²) in [5.41, 5.74) is 1.88. The molecule has 0 spiro atoms. The first-order valence-electron chi connectivity index (χ1n) is 7.70. The van der Waals surface area contributed by atoms with Gasteiger partial charge in [0.25, 0.3) is 0 Å². The number of aromatic nitrogens is 1. The van der Waals surface area contributed by atoms with Crippen molar-refractivity contribution in [3.8, 4) is 17.4 Å². The molecule has 0 fully saturated rings. The van der Waals surface area contributed by atoms with Crippen molar-refractivity contribution in [1.29, 1.82) is 0 Å². The van der Waals surface area contributed by atoms with Gasteiger partial charge in [0.2, 0.25) is 5.88 Å². The fourth-order valence-electron chi connectivity index (χ4n) is 2.45. The molecule has 0 saturated heterocycles. The smallest absolute Gasteiger partial charge is 0.302 e. The quantitative estimate of drug-likeness (QED) is 0.590. The zero-order chi connectivity index (χ0) is 18.7. The summed E-state index contributed by atoms with van der Waals surface area (Å²) in [4.78, 5) is 14.7. The van der Waals surface area contributed by atoms with Crippen LogP contribution in [-0.4, -0.2) is 29.7 Å². The lowest BCUT2D eigenvalue weighted by Crippen LogP contribution is -2.07. The molecule has 1 heterocycles. The predicted octanol–water partition coefficient (Wildman–Crippen LogP) is 4.64. The largest absolute Gasteiger partial charge is 0.497 e. The monoisotopic (exact) mass is 417 g/mol. The van der Waals surface area contributed by atoms with Gasteiger partial charge >= 0.3 is 5.91 Å². The summed E-state index contributed by atoms with van der Waals surface area (Å²) in [6, 6.07) is 10.5. The number of aromatic hydroxyl groups is 1. The van der Waals surface area contributed by atoms with Gasteiger partial charge < -0.3 is 19.6 Å². The number of ether oxygens (including phenoxy) is 2. The molecule has 1 amide bonds. The van der Waals surface area contributed by atoms with Crippen molar-refractivity contribution in [2.24, 2.45) is 10.2 Å². The summed E-state index contributed by atoms with van der Waals surface area (Å²) in [7, 11) is 1.57. The Morgan fingerprint density at radius 2 is 1.92 bits per heavy atom. The van der Waals surface area contributed by atoms with E-state index in [2.05, 4.69) is 31.1 Å². The molecule has 0 bridgehead atoms. The van der Waals surface area contributed by atoms with Crippen LogP contribution in [0.3, 0.4) is 0 Å². The number of benzene rings is 2. The number of methoxy groups -OCH3 is 1. The minimum absolute atomic E-state index is 0.145. The zero-order valence-electron chi connectivity index (χ0n) is 14.1. The van der Waals surface area contributed by atoms with Crippen LogP contribution in [0.15, 0.2) is 51.1 Å². The first kappa shape index (κ1) is 17.9. The SMILES string of the molecule is COc1ccc(OCC(=O)N=Nc2c(O)[nH]c3c(C)cc(Br)cc23)cc1. The fraction of sp³-hybridized carbons (Fsp3) is 0.167. The van der Waals surface area contributed by atoms with Crippen molar-refractivity contribution in [3.05, 3.63) is 46.4 Å². The molecule has 2 N–H and O–H groups in total. The lowest BCUT2D eigenvalue weighted by molar-refractivity contribution is -0.120. The van der Waals surface area contributed by atoms with Crippen molar-refractivity contribution in [3.63, 3.8) is 0 Å². The highest BCUT2D eigenvalue weighted by molar-refractivity contribution is 9.10. The lowest BCUT2D eigenvalue weighted by Gasteiger charge is -2.04. The van der Waals surface area contributed by atoms with Crippen LogP contribution in [0.5, 0.6) is 17.4 Å². The van der Waals surface area contributed by atoms with E-state index in [1.807, 2.05) is 13.0 Å². The Bertz CT molecular complexity index is 980. The van der Waals surface area contributed by atoms with Gasteiger partial charge in [0, 0.05) is 9.86 Å². The number of amides is 1. The van der Waals surface area contributed by atoms with E-state index in [1.54, 1.807) is 37.4 Å². The highest BCUT2D eigenvalue weighted by atomic mass is 79.9. The number of azo groups is 1. The van der Waals surface area contributed by atoms with Crippen LogP contribution in [0, 0.1) is 6.92 Å². The molecule has 0 aliphatic carbocycles. The number of carbonyl (C=O) groups excluding carboxylic acids is 1. The second-order valence-electron chi connectivity index (χ2n) is 5.53. The van der Waals surface area contributed by atoms with E-state index in [4.69, 9.17) is 9.47 Å². The Morgan fingerprint density at radius 3 is 2.62 bits per heavy atom.